The van der Waals surface area contributed by atoms with Crippen molar-refractivity contribution in [3.05, 3.63) is 34.9 Å². The summed E-state index contributed by atoms with van der Waals surface area (Å²) >= 11 is 6.23. The molecule has 1 aromatic carbocycles. The Labute approximate surface area is 144 Å². The van der Waals surface area contributed by atoms with Crippen molar-refractivity contribution in [2.24, 2.45) is 17.6 Å². The zero-order valence-electron chi connectivity index (χ0n) is 14.1. The van der Waals surface area contributed by atoms with Crippen LogP contribution in [0.15, 0.2) is 24.3 Å². The standard InChI is InChI=1S/C18H28ClN3O/c1-13(2)17(20)18(23)21-11-14-7-9-22(10-8-14)12-15-5-3-4-6-16(15)19/h3-6,13-14,17H,7-12,20H2,1-2H3,(H,21,23)/t17-/m0/s1. The van der Waals surface area contributed by atoms with Gasteiger partial charge in [0.1, 0.15) is 0 Å². The van der Waals surface area contributed by atoms with Crippen molar-refractivity contribution in [3.63, 3.8) is 0 Å². The zero-order valence-corrected chi connectivity index (χ0v) is 14.9. The molecule has 0 bridgehead atoms. The van der Waals surface area contributed by atoms with Gasteiger partial charge in [0, 0.05) is 18.1 Å². The van der Waals surface area contributed by atoms with E-state index in [-0.39, 0.29) is 11.8 Å². The Kier molecular flexibility index (Phi) is 6.88. The third-order valence-electron chi connectivity index (χ3n) is 4.64. The van der Waals surface area contributed by atoms with E-state index in [9.17, 15) is 4.79 Å². The first-order chi connectivity index (χ1) is 11.0. The highest BCUT2D eigenvalue weighted by atomic mass is 35.5. The summed E-state index contributed by atoms with van der Waals surface area (Å²) in [7, 11) is 0. The number of nitrogens with two attached hydrogens (primary N) is 1. The summed E-state index contributed by atoms with van der Waals surface area (Å²) in [4.78, 5) is 14.3. The summed E-state index contributed by atoms with van der Waals surface area (Å²) in [6, 6.07) is 7.61. The van der Waals surface area contributed by atoms with E-state index in [1.54, 1.807) is 0 Å². The normalized spacial score (nSPS) is 18.1. The van der Waals surface area contributed by atoms with E-state index in [4.69, 9.17) is 17.3 Å². The molecular weight excluding hydrogens is 310 g/mol. The lowest BCUT2D eigenvalue weighted by atomic mass is 9.96. The Morgan fingerprint density at radius 1 is 1.35 bits per heavy atom. The van der Waals surface area contributed by atoms with Crippen LogP contribution in [0.25, 0.3) is 0 Å². The molecule has 2 rings (SSSR count). The van der Waals surface area contributed by atoms with Gasteiger partial charge in [0.25, 0.3) is 0 Å². The van der Waals surface area contributed by atoms with Crippen LogP contribution >= 0.6 is 11.6 Å². The van der Waals surface area contributed by atoms with Crippen molar-refractivity contribution in [3.8, 4) is 0 Å². The van der Waals surface area contributed by atoms with Gasteiger partial charge in [-0.1, -0.05) is 43.6 Å². The van der Waals surface area contributed by atoms with Gasteiger partial charge in [0.2, 0.25) is 5.91 Å². The number of carbonyl (C=O) groups is 1. The lowest BCUT2D eigenvalue weighted by molar-refractivity contribution is -0.123. The molecule has 0 saturated carbocycles. The topological polar surface area (TPSA) is 58.4 Å². The van der Waals surface area contributed by atoms with E-state index < -0.39 is 6.04 Å². The zero-order chi connectivity index (χ0) is 16.8. The number of nitrogens with one attached hydrogen (secondary N) is 1. The van der Waals surface area contributed by atoms with Gasteiger partial charge in [0.05, 0.1) is 6.04 Å². The summed E-state index contributed by atoms with van der Waals surface area (Å²) in [5.41, 5.74) is 7.05. The lowest BCUT2D eigenvalue weighted by Gasteiger charge is -2.32. The van der Waals surface area contributed by atoms with Gasteiger partial charge in [-0.2, -0.15) is 0 Å². The third kappa shape index (κ3) is 5.48. The molecule has 1 heterocycles. The molecular formula is C18H28ClN3O. The minimum atomic E-state index is -0.407. The number of amides is 1. The van der Waals surface area contributed by atoms with Crippen LogP contribution in [0.4, 0.5) is 0 Å². The highest BCUT2D eigenvalue weighted by Gasteiger charge is 2.22. The fraction of sp³-hybridized carbons (Fsp3) is 0.611. The molecule has 1 saturated heterocycles. The van der Waals surface area contributed by atoms with Crippen LogP contribution in [0.3, 0.4) is 0 Å². The van der Waals surface area contributed by atoms with Crippen molar-refractivity contribution in [1.82, 2.24) is 10.2 Å². The van der Waals surface area contributed by atoms with Gasteiger partial charge in [0.15, 0.2) is 0 Å². The van der Waals surface area contributed by atoms with Crippen LogP contribution in [0, 0.1) is 11.8 Å². The second-order valence-corrected chi connectivity index (χ2v) is 7.23. The third-order valence-corrected chi connectivity index (χ3v) is 5.01. The average molecular weight is 338 g/mol. The maximum Gasteiger partial charge on any atom is 0.237 e. The molecule has 0 spiro atoms. The van der Waals surface area contributed by atoms with Crippen LogP contribution in [0.2, 0.25) is 5.02 Å². The van der Waals surface area contributed by atoms with Crippen molar-refractivity contribution in [1.29, 1.82) is 0 Å². The van der Waals surface area contributed by atoms with Gasteiger partial charge < -0.3 is 11.1 Å². The number of benzene rings is 1. The van der Waals surface area contributed by atoms with Crippen molar-refractivity contribution in [2.75, 3.05) is 19.6 Å². The molecule has 1 aromatic rings. The summed E-state index contributed by atoms with van der Waals surface area (Å²) in [5, 5.41) is 3.84. The van der Waals surface area contributed by atoms with Crippen LogP contribution in [0.5, 0.6) is 0 Å². The van der Waals surface area contributed by atoms with Gasteiger partial charge in [-0.05, 0) is 49.4 Å². The number of hydrogen-bond acceptors (Lipinski definition) is 3. The smallest absolute Gasteiger partial charge is 0.237 e. The average Bonchev–Trinajstić information content (AvgIpc) is 2.55. The molecule has 128 valence electrons. The van der Waals surface area contributed by atoms with Crippen LogP contribution in [-0.4, -0.2) is 36.5 Å². The minimum absolute atomic E-state index is 0.0292. The first-order valence-corrected chi connectivity index (χ1v) is 8.84. The second kappa shape index (κ2) is 8.67. The Hall–Kier alpha value is -1.10. The predicted octanol–water partition coefficient (Wildman–Crippen LogP) is 2.65. The van der Waals surface area contributed by atoms with E-state index in [2.05, 4.69) is 16.3 Å². The fourth-order valence-corrected chi connectivity index (χ4v) is 3.08. The predicted molar refractivity (Wildman–Crippen MR) is 95.3 cm³/mol. The molecule has 1 atom stereocenters. The van der Waals surface area contributed by atoms with Crippen LogP contribution < -0.4 is 11.1 Å². The SMILES string of the molecule is CC(C)[C@H](N)C(=O)NCC1CCN(Cc2ccccc2Cl)CC1. The van der Waals surface area contributed by atoms with E-state index in [1.165, 1.54) is 5.56 Å². The molecule has 0 aromatic heterocycles. The fourth-order valence-electron chi connectivity index (χ4n) is 2.88. The minimum Gasteiger partial charge on any atom is -0.354 e. The molecule has 1 aliphatic rings. The van der Waals surface area contributed by atoms with E-state index in [1.807, 2.05) is 32.0 Å². The van der Waals surface area contributed by atoms with Crippen LogP contribution in [0.1, 0.15) is 32.3 Å². The Morgan fingerprint density at radius 2 is 2.00 bits per heavy atom. The first kappa shape index (κ1) is 18.2. The van der Waals surface area contributed by atoms with Gasteiger partial charge in [-0.3, -0.25) is 9.69 Å². The molecule has 0 unspecified atom stereocenters. The summed E-state index contributed by atoms with van der Waals surface area (Å²) < 4.78 is 0. The number of likely N-dealkylation sites (tertiary alicyclic amines) is 1. The largest absolute Gasteiger partial charge is 0.354 e. The number of piperidine rings is 1. The van der Waals surface area contributed by atoms with Gasteiger partial charge >= 0.3 is 0 Å². The molecule has 0 radical (unpaired) electrons. The Morgan fingerprint density at radius 3 is 2.61 bits per heavy atom. The molecule has 4 nitrogen and oxygen atoms in total. The maximum absolute atomic E-state index is 11.9. The molecule has 3 N–H and O–H groups in total. The number of rotatable bonds is 6. The van der Waals surface area contributed by atoms with E-state index in [0.717, 1.165) is 44.0 Å². The van der Waals surface area contributed by atoms with Crippen LogP contribution in [-0.2, 0) is 11.3 Å². The molecule has 0 aliphatic carbocycles. The van der Waals surface area contributed by atoms with E-state index in [0.29, 0.717) is 5.92 Å². The van der Waals surface area contributed by atoms with E-state index >= 15 is 0 Å². The Balaban J connectivity index is 1.72. The van der Waals surface area contributed by atoms with Crippen molar-refractivity contribution in [2.45, 2.75) is 39.3 Å². The number of nitrogens with zero attached hydrogens (tertiary/aromatic N) is 1. The number of carbonyl (C=O) groups excluding carboxylic acids is 1. The molecule has 1 fully saturated rings. The number of halogens is 1. The van der Waals surface area contributed by atoms with Crippen molar-refractivity contribution >= 4 is 17.5 Å². The van der Waals surface area contributed by atoms with Crippen molar-refractivity contribution < 1.29 is 4.79 Å². The number of hydrogen-bond donors (Lipinski definition) is 2. The molecule has 1 amide bonds. The monoisotopic (exact) mass is 337 g/mol. The van der Waals surface area contributed by atoms with Gasteiger partial charge in [-0.15, -0.1) is 0 Å². The first-order valence-electron chi connectivity index (χ1n) is 8.46. The Bertz CT molecular complexity index is 513. The summed E-state index contributed by atoms with van der Waals surface area (Å²) in [5.74, 6) is 0.687. The molecule has 5 heteroatoms. The molecule has 23 heavy (non-hydrogen) atoms. The highest BCUT2D eigenvalue weighted by molar-refractivity contribution is 6.31. The molecule has 1 aliphatic heterocycles. The maximum atomic E-state index is 11.9. The summed E-state index contributed by atoms with van der Waals surface area (Å²) in [6.45, 7) is 7.66. The second-order valence-electron chi connectivity index (χ2n) is 6.83. The lowest BCUT2D eigenvalue weighted by Crippen LogP contribution is -2.46. The summed E-state index contributed by atoms with van der Waals surface area (Å²) in [6.07, 6.45) is 2.20. The van der Waals surface area contributed by atoms with Gasteiger partial charge in [-0.25, -0.2) is 0 Å². The highest BCUT2D eigenvalue weighted by Crippen LogP contribution is 2.22. The quantitative estimate of drug-likeness (QED) is 0.839.